The van der Waals surface area contributed by atoms with Gasteiger partial charge in [0, 0.05) is 5.92 Å². The Bertz CT molecular complexity index is 99.8. The Morgan fingerprint density at radius 3 is 2.30 bits per heavy atom. The molecule has 0 aromatic heterocycles. The number of rotatable bonds is 4. The SMILES string of the molecule is CCC(CC)C(=O)NCO. The highest BCUT2D eigenvalue weighted by molar-refractivity contribution is 5.78. The minimum Gasteiger partial charge on any atom is -0.377 e. The summed E-state index contributed by atoms with van der Waals surface area (Å²) in [6.07, 6.45) is 1.67. The molecule has 0 unspecified atom stereocenters. The molecule has 0 heterocycles. The van der Waals surface area contributed by atoms with Crippen molar-refractivity contribution in [2.45, 2.75) is 26.7 Å². The molecule has 10 heavy (non-hydrogen) atoms. The van der Waals surface area contributed by atoms with Crippen molar-refractivity contribution in [3.63, 3.8) is 0 Å². The van der Waals surface area contributed by atoms with Crippen LogP contribution in [0.2, 0.25) is 0 Å². The number of carbonyl (C=O) groups is 1. The van der Waals surface area contributed by atoms with E-state index < -0.39 is 0 Å². The average molecular weight is 145 g/mol. The van der Waals surface area contributed by atoms with Gasteiger partial charge in [-0.3, -0.25) is 4.79 Å². The van der Waals surface area contributed by atoms with Gasteiger partial charge in [-0.1, -0.05) is 13.8 Å². The molecule has 0 atom stereocenters. The lowest BCUT2D eigenvalue weighted by Gasteiger charge is -2.09. The second-order valence-corrected chi connectivity index (χ2v) is 2.21. The van der Waals surface area contributed by atoms with Crippen molar-refractivity contribution in [3.8, 4) is 0 Å². The Morgan fingerprint density at radius 2 is 2.00 bits per heavy atom. The fraction of sp³-hybridized carbons (Fsp3) is 0.857. The minimum atomic E-state index is -0.255. The van der Waals surface area contributed by atoms with E-state index in [2.05, 4.69) is 5.32 Å². The van der Waals surface area contributed by atoms with Gasteiger partial charge < -0.3 is 10.4 Å². The van der Waals surface area contributed by atoms with Gasteiger partial charge in [-0.2, -0.15) is 0 Å². The van der Waals surface area contributed by atoms with Gasteiger partial charge in [0.05, 0.1) is 0 Å². The predicted molar refractivity (Wildman–Crippen MR) is 39.3 cm³/mol. The molecule has 3 heteroatoms. The van der Waals surface area contributed by atoms with Crippen molar-refractivity contribution in [1.82, 2.24) is 5.32 Å². The first-order valence-corrected chi connectivity index (χ1v) is 3.64. The first-order valence-electron chi connectivity index (χ1n) is 3.64. The second kappa shape index (κ2) is 5.23. The quantitative estimate of drug-likeness (QED) is 0.565. The molecule has 0 aromatic carbocycles. The first kappa shape index (κ1) is 9.43. The summed E-state index contributed by atoms with van der Waals surface area (Å²) in [7, 11) is 0. The zero-order chi connectivity index (χ0) is 7.98. The summed E-state index contributed by atoms with van der Waals surface area (Å²) < 4.78 is 0. The van der Waals surface area contributed by atoms with Crippen molar-refractivity contribution in [1.29, 1.82) is 0 Å². The molecule has 0 rings (SSSR count). The standard InChI is InChI=1S/C7H15NO2/c1-3-6(4-2)7(10)8-5-9/h6,9H,3-5H2,1-2H3,(H,8,10). The normalized spacial score (nSPS) is 10.0. The summed E-state index contributed by atoms with van der Waals surface area (Å²) in [4.78, 5) is 10.9. The van der Waals surface area contributed by atoms with Crippen molar-refractivity contribution in [3.05, 3.63) is 0 Å². The highest BCUT2D eigenvalue weighted by Gasteiger charge is 2.11. The van der Waals surface area contributed by atoms with Gasteiger partial charge in [0.1, 0.15) is 6.73 Å². The Morgan fingerprint density at radius 1 is 1.50 bits per heavy atom. The predicted octanol–water partition coefficient (Wildman–Crippen LogP) is 0.489. The van der Waals surface area contributed by atoms with E-state index in [4.69, 9.17) is 5.11 Å². The Labute approximate surface area is 61.4 Å². The summed E-state index contributed by atoms with van der Waals surface area (Å²) in [6.45, 7) is 3.67. The monoisotopic (exact) mass is 145 g/mol. The molecule has 0 aromatic rings. The molecular formula is C7H15NO2. The van der Waals surface area contributed by atoms with Crippen LogP contribution in [0.15, 0.2) is 0 Å². The molecule has 0 bridgehead atoms. The molecule has 0 radical (unpaired) electrons. The number of aliphatic hydroxyl groups excluding tert-OH is 1. The summed E-state index contributed by atoms with van der Waals surface area (Å²) in [5, 5.41) is 10.7. The minimum absolute atomic E-state index is 0.0486. The number of hydrogen-bond donors (Lipinski definition) is 2. The molecule has 0 aliphatic heterocycles. The number of amides is 1. The van der Waals surface area contributed by atoms with Gasteiger partial charge in [0.2, 0.25) is 5.91 Å². The summed E-state index contributed by atoms with van der Waals surface area (Å²) in [6, 6.07) is 0. The molecule has 0 fully saturated rings. The molecule has 0 spiro atoms. The van der Waals surface area contributed by atoms with E-state index >= 15 is 0 Å². The lowest BCUT2D eigenvalue weighted by atomic mass is 10.0. The highest BCUT2D eigenvalue weighted by Crippen LogP contribution is 2.06. The van der Waals surface area contributed by atoms with Crippen LogP contribution in [0.4, 0.5) is 0 Å². The van der Waals surface area contributed by atoms with Crippen LogP contribution in [0, 0.1) is 5.92 Å². The summed E-state index contributed by atoms with van der Waals surface area (Å²) >= 11 is 0. The van der Waals surface area contributed by atoms with Crippen molar-refractivity contribution in [2.75, 3.05) is 6.73 Å². The van der Waals surface area contributed by atoms with E-state index in [0.29, 0.717) is 0 Å². The topological polar surface area (TPSA) is 49.3 Å². The average Bonchev–Trinajstić information content (AvgIpc) is 1.91. The third-order valence-electron chi connectivity index (χ3n) is 1.61. The lowest BCUT2D eigenvalue weighted by molar-refractivity contribution is -0.126. The van der Waals surface area contributed by atoms with E-state index in [1.165, 1.54) is 0 Å². The number of carbonyl (C=O) groups excluding carboxylic acids is 1. The van der Waals surface area contributed by atoms with E-state index in [-0.39, 0.29) is 18.6 Å². The maximum absolute atomic E-state index is 10.9. The van der Waals surface area contributed by atoms with Crippen LogP contribution >= 0.6 is 0 Å². The van der Waals surface area contributed by atoms with Gasteiger partial charge in [0.15, 0.2) is 0 Å². The van der Waals surface area contributed by atoms with Crippen LogP contribution in [-0.4, -0.2) is 17.7 Å². The molecule has 3 nitrogen and oxygen atoms in total. The first-order chi connectivity index (χ1) is 4.76. The summed E-state index contributed by atoms with van der Waals surface area (Å²) in [5.74, 6) is 0.0136. The van der Waals surface area contributed by atoms with Crippen LogP contribution in [0.25, 0.3) is 0 Å². The molecule has 2 N–H and O–H groups in total. The Hall–Kier alpha value is -0.570. The van der Waals surface area contributed by atoms with Crippen LogP contribution in [0.1, 0.15) is 26.7 Å². The molecule has 0 aliphatic rings. The number of nitrogens with one attached hydrogen (secondary N) is 1. The van der Waals surface area contributed by atoms with E-state index in [0.717, 1.165) is 12.8 Å². The maximum atomic E-state index is 10.9. The number of aliphatic hydroxyl groups is 1. The van der Waals surface area contributed by atoms with Crippen molar-refractivity contribution in [2.24, 2.45) is 5.92 Å². The van der Waals surface area contributed by atoms with Gasteiger partial charge >= 0.3 is 0 Å². The van der Waals surface area contributed by atoms with Gasteiger partial charge in [-0.15, -0.1) is 0 Å². The molecule has 1 amide bonds. The van der Waals surface area contributed by atoms with Gasteiger partial charge in [-0.05, 0) is 12.8 Å². The zero-order valence-electron chi connectivity index (χ0n) is 6.55. The fourth-order valence-electron chi connectivity index (χ4n) is 0.882. The van der Waals surface area contributed by atoms with Gasteiger partial charge in [-0.25, -0.2) is 0 Å². The third kappa shape index (κ3) is 2.82. The van der Waals surface area contributed by atoms with Crippen LogP contribution in [-0.2, 0) is 4.79 Å². The molecule has 60 valence electrons. The molecule has 0 saturated carbocycles. The molecule has 0 saturated heterocycles. The van der Waals surface area contributed by atoms with Crippen LogP contribution in [0.5, 0.6) is 0 Å². The zero-order valence-corrected chi connectivity index (χ0v) is 6.55. The Balaban J connectivity index is 3.65. The third-order valence-corrected chi connectivity index (χ3v) is 1.61. The lowest BCUT2D eigenvalue weighted by Crippen LogP contribution is -2.30. The van der Waals surface area contributed by atoms with Crippen LogP contribution in [0.3, 0.4) is 0 Å². The van der Waals surface area contributed by atoms with E-state index in [1.807, 2.05) is 13.8 Å². The van der Waals surface area contributed by atoms with Crippen molar-refractivity contribution >= 4 is 5.91 Å². The highest BCUT2D eigenvalue weighted by atomic mass is 16.3. The molecule has 0 aliphatic carbocycles. The number of hydrogen-bond acceptors (Lipinski definition) is 2. The van der Waals surface area contributed by atoms with Gasteiger partial charge in [0.25, 0.3) is 0 Å². The van der Waals surface area contributed by atoms with Crippen LogP contribution < -0.4 is 5.32 Å². The van der Waals surface area contributed by atoms with E-state index in [1.54, 1.807) is 0 Å². The summed E-state index contributed by atoms with van der Waals surface area (Å²) in [5.41, 5.74) is 0. The second-order valence-electron chi connectivity index (χ2n) is 2.21. The largest absolute Gasteiger partial charge is 0.377 e. The Kier molecular flexibility index (Phi) is 4.94. The van der Waals surface area contributed by atoms with Crippen molar-refractivity contribution < 1.29 is 9.90 Å². The van der Waals surface area contributed by atoms with E-state index in [9.17, 15) is 4.79 Å². The molecular weight excluding hydrogens is 130 g/mol. The fourth-order valence-corrected chi connectivity index (χ4v) is 0.882. The maximum Gasteiger partial charge on any atom is 0.224 e. The smallest absolute Gasteiger partial charge is 0.224 e.